The minimum Gasteiger partial charge on any atom is -0.192 e. The van der Waals surface area contributed by atoms with Crippen LogP contribution >= 0.6 is 11.6 Å². The molecule has 0 atom stereocenters. The van der Waals surface area contributed by atoms with Crippen LogP contribution in [0.3, 0.4) is 0 Å². The van der Waals surface area contributed by atoms with Crippen LogP contribution in [0.4, 0.5) is 5.69 Å². The van der Waals surface area contributed by atoms with E-state index in [4.69, 9.17) is 16.9 Å². The van der Waals surface area contributed by atoms with Gasteiger partial charge in [0.15, 0.2) is 0 Å². The first-order valence-electron chi connectivity index (χ1n) is 2.81. The van der Waals surface area contributed by atoms with Gasteiger partial charge in [-0.3, -0.25) is 0 Å². The summed E-state index contributed by atoms with van der Waals surface area (Å²) < 4.78 is 0. The summed E-state index contributed by atoms with van der Waals surface area (Å²) in [6.07, 6.45) is 0. The van der Waals surface area contributed by atoms with Gasteiger partial charge in [0, 0.05) is 5.02 Å². The van der Waals surface area contributed by atoms with E-state index in [-0.39, 0.29) is 11.3 Å². The van der Waals surface area contributed by atoms with Crippen LogP contribution in [-0.2, 0) is 0 Å². The molecule has 0 aliphatic rings. The molecule has 0 unspecified atom stereocenters. The van der Waals surface area contributed by atoms with E-state index in [0.717, 1.165) is 0 Å². The lowest BCUT2D eigenvalue weighted by molar-refractivity contribution is 1.43. The molecular weight excluding hydrogens is 164 g/mol. The highest BCUT2D eigenvalue weighted by Gasteiger charge is 2.01. The molecule has 0 heterocycles. The SMILES string of the molecule is N#Cc1ccc(Cl)cc1N=O. The van der Waals surface area contributed by atoms with Gasteiger partial charge in [-0.2, -0.15) is 5.26 Å². The van der Waals surface area contributed by atoms with Crippen molar-refractivity contribution >= 4 is 17.3 Å². The third-order valence-electron chi connectivity index (χ3n) is 1.18. The van der Waals surface area contributed by atoms with E-state index in [0.29, 0.717) is 5.02 Å². The predicted octanol–water partition coefficient (Wildman–Crippen LogP) is 2.61. The van der Waals surface area contributed by atoms with Crippen LogP contribution in [0.25, 0.3) is 0 Å². The van der Waals surface area contributed by atoms with Gasteiger partial charge in [0.1, 0.15) is 11.8 Å². The van der Waals surface area contributed by atoms with Crippen molar-refractivity contribution in [3.63, 3.8) is 0 Å². The summed E-state index contributed by atoms with van der Waals surface area (Å²) in [5.41, 5.74) is 0.324. The van der Waals surface area contributed by atoms with E-state index >= 15 is 0 Å². The van der Waals surface area contributed by atoms with Gasteiger partial charge in [-0.05, 0) is 23.4 Å². The first-order chi connectivity index (χ1) is 5.27. The molecule has 0 amide bonds. The molecule has 0 spiro atoms. The summed E-state index contributed by atoms with van der Waals surface area (Å²) in [5, 5.41) is 11.5. The fraction of sp³-hybridized carbons (Fsp3) is 0. The first-order valence-corrected chi connectivity index (χ1v) is 3.18. The van der Waals surface area contributed by atoms with E-state index in [2.05, 4.69) is 5.18 Å². The Hall–Kier alpha value is -1.40. The number of hydrogen-bond donors (Lipinski definition) is 0. The third kappa shape index (κ3) is 1.54. The Balaban J connectivity index is 3.30. The van der Waals surface area contributed by atoms with Gasteiger partial charge < -0.3 is 0 Å². The average molecular weight is 167 g/mol. The quantitative estimate of drug-likeness (QED) is 0.602. The maximum Gasteiger partial charge on any atom is 0.127 e. The Morgan fingerprint density at radius 1 is 1.55 bits per heavy atom. The fourth-order valence-corrected chi connectivity index (χ4v) is 0.841. The molecule has 0 saturated carbocycles. The van der Waals surface area contributed by atoms with Crippen LogP contribution < -0.4 is 0 Å². The lowest BCUT2D eigenvalue weighted by Gasteiger charge is -1.92. The predicted molar refractivity (Wildman–Crippen MR) is 41.6 cm³/mol. The lowest BCUT2D eigenvalue weighted by atomic mass is 10.2. The number of halogens is 1. The van der Waals surface area contributed by atoms with E-state index in [1.807, 2.05) is 6.07 Å². The molecule has 1 aromatic rings. The summed E-state index contributed by atoms with van der Waals surface area (Å²) >= 11 is 5.54. The van der Waals surface area contributed by atoms with Crippen LogP contribution in [0.5, 0.6) is 0 Å². The highest BCUT2D eigenvalue weighted by molar-refractivity contribution is 6.30. The van der Waals surface area contributed by atoms with E-state index in [9.17, 15) is 4.91 Å². The average Bonchev–Trinajstić information content (AvgIpc) is 2.04. The molecule has 0 radical (unpaired) electrons. The second-order valence-electron chi connectivity index (χ2n) is 1.86. The molecule has 1 rings (SSSR count). The number of benzene rings is 1. The van der Waals surface area contributed by atoms with Crippen molar-refractivity contribution in [3.05, 3.63) is 33.7 Å². The second kappa shape index (κ2) is 3.13. The molecule has 0 aliphatic carbocycles. The molecule has 4 heteroatoms. The number of nitrogens with zero attached hydrogens (tertiary/aromatic N) is 2. The smallest absolute Gasteiger partial charge is 0.127 e. The standard InChI is InChI=1S/C7H3ClN2O/c8-6-2-1-5(4-9)7(3-6)10-11/h1-3H. The van der Waals surface area contributed by atoms with Crippen LogP contribution in [-0.4, -0.2) is 0 Å². The maximum absolute atomic E-state index is 10.1. The summed E-state index contributed by atoms with van der Waals surface area (Å²) in [6, 6.07) is 6.17. The molecule has 0 fully saturated rings. The molecule has 0 saturated heterocycles. The van der Waals surface area contributed by atoms with Crippen molar-refractivity contribution in [2.75, 3.05) is 0 Å². The molecule has 0 aliphatic heterocycles. The molecule has 11 heavy (non-hydrogen) atoms. The first kappa shape index (κ1) is 7.70. The Kier molecular flexibility index (Phi) is 2.19. The van der Waals surface area contributed by atoms with E-state index < -0.39 is 0 Å². The monoisotopic (exact) mass is 166 g/mol. The molecule has 0 N–H and O–H groups in total. The summed E-state index contributed by atoms with van der Waals surface area (Å²) in [7, 11) is 0. The minimum absolute atomic E-state index is 0.0833. The van der Waals surface area contributed by atoms with Gasteiger partial charge in [0.2, 0.25) is 0 Å². The molecule has 0 bridgehead atoms. The highest BCUT2D eigenvalue weighted by Crippen LogP contribution is 2.22. The zero-order chi connectivity index (χ0) is 8.27. The topological polar surface area (TPSA) is 53.2 Å². The van der Waals surface area contributed by atoms with Gasteiger partial charge in [0.25, 0.3) is 0 Å². The van der Waals surface area contributed by atoms with Crippen LogP contribution in [0.2, 0.25) is 5.02 Å². The molecular formula is C7H3ClN2O. The van der Waals surface area contributed by atoms with Crippen molar-refractivity contribution in [1.82, 2.24) is 0 Å². The van der Waals surface area contributed by atoms with Gasteiger partial charge in [-0.1, -0.05) is 11.6 Å². The molecule has 54 valence electrons. The highest BCUT2D eigenvalue weighted by atomic mass is 35.5. The number of rotatable bonds is 1. The summed E-state index contributed by atoms with van der Waals surface area (Å²) in [6.45, 7) is 0. The van der Waals surface area contributed by atoms with Crippen molar-refractivity contribution in [1.29, 1.82) is 5.26 Å². The van der Waals surface area contributed by atoms with Gasteiger partial charge in [0.05, 0.1) is 5.56 Å². The van der Waals surface area contributed by atoms with E-state index in [1.54, 1.807) is 0 Å². The van der Waals surface area contributed by atoms with Crippen LogP contribution in [0.1, 0.15) is 5.56 Å². The Morgan fingerprint density at radius 2 is 2.27 bits per heavy atom. The van der Waals surface area contributed by atoms with Crippen molar-refractivity contribution in [3.8, 4) is 6.07 Å². The van der Waals surface area contributed by atoms with Crippen molar-refractivity contribution in [2.45, 2.75) is 0 Å². The molecule has 1 aromatic carbocycles. The lowest BCUT2D eigenvalue weighted by Crippen LogP contribution is -1.74. The zero-order valence-corrected chi connectivity index (χ0v) is 6.17. The largest absolute Gasteiger partial charge is 0.192 e. The number of nitriles is 1. The minimum atomic E-state index is 0.0833. The molecule has 0 aromatic heterocycles. The van der Waals surface area contributed by atoms with Gasteiger partial charge in [-0.15, -0.1) is 4.91 Å². The fourth-order valence-electron chi connectivity index (χ4n) is 0.675. The third-order valence-corrected chi connectivity index (χ3v) is 1.41. The number of hydrogen-bond acceptors (Lipinski definition) is 3. The van der Waals surface area contributed by atoms with Crippen LogP contribution in [0, 0.1) is 16.2 Å². The second-order valence-corrected chi connectivity index (χ2v) is 2.30. The normalized spacial score (nSPS) is 8.73. The Labute approximate surface area is 68.2 Å². The Morgan fingerprint density at radius 3 is 2.82 bits per heavy atom. The zero-order valence-electron chi connectivity index (χ0n) is 5.41. The van der Waals surface area contributed by atoms with E-state index in [1.165, 1.54) is 18.2 Å². The Bertz CT molecular complexity index is 330. The van der Waals surface area contributed by atoms with Gasteiger partial charge in [-0.25, -0.2) is 0 Å². The van der Waals surface area contributed by atoms with Gasteiger partial charge >= 0.3 is 0 Å². The number of nitroso groups, excluding NO2 is 1. The van der Waals surface area contributed by atoms with Crippen molar-refractivity contribution < 1.29 is 0 Å². The van der Waals surface area contributed by atoms with Crippen LogP contribution in [0.15, 0.2) is 23.4 Å². The van der Waals surface area contributed by atoms with Crippen molar-refractivity contribution in [2.24, 2.45) is 5.18 Å². The maximum atomic E-state index is 10.1. The molecule has 3 nitrogen and oxygen atoms in total. The summed E-state index contributed by atoms with van der Waals surface area (Å²) in [5.74, 6) is 0. The summed E-state index contributed by atoms with van der Waals surface area (Å²) in [4.78, 5) is 10.1.